The van der Waals surface area contributed by atoms with E-state index in [0.717, 1.165) is 23.8 Å². The third kappa shape index (κ3) is 6.12. The van der Waals surface area contributed by atoms with Crippen LogP contribution >= 0.6 is 15.1 Å². The van der Waals surface area contributed by atoms with Crippen LogP contribution in [0.15, 0.2) is 133 Å². The first-order valence-corrected chi connectivity index (χ1v) is 17.6. The maximum atomic E-state index is 5.87. The average Bonchev–Trinajstić information content (AvgIpc) is 3.01. The van der Waals surface area contributed by atoms with Gasteiger partial charge < -0.3 is 0 Å². The van der Waals surface area contributed by atoms with Gasteiger partial charge in [0.25, 0.3) is 0 Å². The molecule has 0 radical (unpaired) electrons. The summed E-state index contributed by atoms with van der Waals surface area (Å²) < 4.78 is 11.7. The topological polar surface area (TPSA) is 18.5 Å². The van der Waals surface area contributed by atoms with Crippen LogP contribution in [0.3, 0.4) is 0 Å². The van der Waals surface area contributed by atoms with Crippen LogP contribution in [-0.2, 0) is 12.3 Å². The van der Waals surface area contributed by atoms with Crippen LogP contribution in [0.5, 0.6) is 11.5 Å². The van der Waals surface area contributed by atoms with Gasteiger partial charge in [0.1, 0.15) is 0 Å². The van der Waals surface area contributed by atoms with Crippen molar-refractivity contribution in [2.45, 2.75) is 12.3 Å². The zero-order chi connectivity index (χ0) is 27.1. The van der Waals surface area contributed by atoms with Gasteiger partial charge in [0, 0.05) is 0 Å². The van der Waals surface area contributed by atoms with Crippen molar-refractivity contribution in [1.82, 2.24) is 0 Å². The van der Waals surface area contributed by atoms with Gasteiger partial charge in [-0.05, 0) is 0 Å². The normalized spacial score (nSPS) is 12.5. The van der Waals surface area contributed by atoms with Gasteiger partial charge in [0.15, 0.2) is 0 Å². The molecule has 5 aromatic rings. The first kappa shape index (κ1) is 27.2. The summed E-state index contributed by atoms with van der Waals surface area (Å²) in [6, 6.07) is 48.1. The monoisotopic (exact) mass is 548 g/mol. The molecule has 0 aromatic heterocycles. The van der Waals surface area contributed by atoms with E-state index in [4.69, 9.17) is 9.47 Å². The van der Waals surface area contributed by atoms with Crippen LogP contribution in [0.2, 0.25) is 0 Å². The Labute approximate surface area is 235 Å². The summed E-state index contributed by atoms with van der Waals surface area (Å²) >= 11 is 0. The van der Waals surface area contributed by atoms with Crippen molar-refractivity contribution in [3.05, 3.63) is 145 Å². The zero-order valence-electron chi connectivity index (χ0n) is 22.9. The molecular formula is C34H35BO2P2. The van der Waals surface area contributed by atoms with E-state index in [1.807, 2.05) is 6.07 Å². The van der Waals surface area contributed by atoms with Gasteiger partial charge in [-0.25, -0.2) is 0 Å². The number of rotatable bonds is 10. The molecule has 0 N–H and O–H groups in total. The van der Waals surface area contributed by atoms with Gasteiger partial charge in [-0.2, -0.15) is 0 Å². The number of methoxy groups -OCH3 is 2. The number of hydrogen-bond donors (Lipinski definition) is 0. The van der Waals surface area contributed by atoms with Crippen LogP contribution in [-0.4, -0.2) is 21.8 Å². The van der Waals surface area contributed by atoms with Gasteiger partial charge in [-0.1, -0.05) is 0 Å². The Kier molecular flexibility index (Phi) is 8.82. The van der Waals surface area contributed by atoms with E-state index in [0.29, 0.717) is 0 Å². The van der Waals surface area contributed by atoms with Crippen molar-refractivity contribution < 1.29 is 9.47 Å². The maximum absolute atomic E-state index is 5.87. The number of hydrogen-bond acceptors (Lipinski definition) is 2. The van der Waals surface area contributed by atoms with Gasteiger partial charge in [0.2, 0.25) is 0 Å². The molecule has 0 amide bonds. The Balaban J connectivity index is 1.53. The fraction of sp³-hybridized carbons (Fsp3) is 0.118. The van der Waals surface area contributed by atoms with E-state index >= 15 is 0 Å². The zero-order valence-corrected chi connectivity index (χ0v) is 24.8. The van der Waals surface area contributed by atoms with Gasteiger partial charge in [0.05, 0.1) is 0 Å². The molecule has 1 unspecified atom stereocenters. The Bertz CT molecular complexity index is 1510. The Morgan fingerprint density at radius 1 is 0.615 bits per heavy atom. The Morgan fingerprint density at radius 3 is 1.92 bits per heavy atom. The number of benzene rings is 5. The molecule has 0 bridgehead atoms. The Hall–Kier alpha value is -3.38. The molecule has 2 nitrogen and oxygen atoms in total. The van der Waals surface area contributed by atoms with Crippen LogP contribution in [0.4, 0.5) is 0 Å². The number of para-hydroxylation sites is 2. The summed E-state index contributed by atoms with van der Waals surface area (Å²) in [5.41, 5.74) is 2.73. The predicted molar refractivity (Wildman–Crippen MR) is 175 cm³/mol. The minimum absolute atomic E-state index is 0.628. The van der Waals surface area contributed by atoms with Crippen molar-refractivity contribution in [1.29, 1.82) is 0 Å². The third-order valence-corrected chi connectivity index (χ3v) is 14.3. The van der Waals surface area contributed by atoms with Crippen LogP contribution < -0.4 is 30.7 Å². The van der Waals surface area contributed by atoms with E-state index in [9.17, 15) is 0 Å². The molecule has 0 saturated heterocycles. The van der Waals surface area contributed by atoms with Gasteiger partial charge in [-0.3, -0.25) is 0 Å². The summed E-state index contributed by atoms with van der Waals surface area (Å²) in [4.78, 5) is 0. The standard InChI is InChI=1S/C34H35BO2P2/c1-36-31-20-9-11-22-33(31)38(29-16-5-3-6-17-29)25-27-14-13-15-28(24-27)26-39(35,30-18-7-4-8-19-30)34-23-12-10-21-32(34)37-2/h3-24,39H,25-26,35H2,1-2H3. The number of ether oxygens (including phenoxy) is 2. The van der Waals surface area contributed by atoms with Crippen molar-refractivity contribution >= 4 is 43.8 Å². The van der Waals surface area contributed by atoms with E-state index in [2.05, 4.69) is 135 Å². The second-order valence-electron chi connectivity index (χ2n) is 9.99. The molecule has 0 aliphatic heterocycles. The van der Waals surface area contributed by atoms with Gasteiger partial charge >= 0.3 is 236 Å². The summed E-state index contributed by atoms with van der Waals surface area (Å²) in [7, 11) is 3.24. The quantitative estimate of drug-likeness (QED) is 0.163. The van der Waals surface area contributed by atoms with E-state index in [1.54, 1.807) is 14.2 Å². The van der Waals surface area contributed by atoms with Crippen molar-refractivity contribution in [2.75, 3.05) is 14.2 Å². The molecule has 5 rings (SSSR count). The van der Waals surface area contributed by atoms with E-state index < -0.39 is 15.1 Å². The molecule has 1 atom stereocenters. The van der Waals surface area contributed by atoms with Crippen molar-refractivity contribution in [3.8, 4) is 11.5 Å². The molecule has 5 aromatic carbocycles. The molecule has 196 valence electrons. The van der Waals surface area contributed by atoms with E-state index in [1.165, 1.54) is 32.3 Å². The van der Waals surface area contributed by atoms with Crippen molar-refractivity contribution in [2.24, 2.45) is 0 Å². The summed E-state index contributed by atoms with van der Waals surface area (Å²) in [5, 5.41) is 5.40. The predicted octanol–water partition coefficient (Wildman–Crippen LogP) is 5.79. The molecule has 0 aliphatic rings. The molecule has 0 fully saturated rings. The molecule has 0 spiro atoms. The fourth-order valence-electron chi connectivity index (χ4n) is 5.46. The molecule has 0 saturated carbocycles. The van der Waals surface area contributed by atoms with Gasteiger partial charge in [-0.15, -0.1) is 0 Å². The molecule has 0 heterocycles. The second kappa shape index (κ2) is 12.7. The Morgan fingerprint density at radius 2 is 1.21 bits per heavy atom. The molecule has 0 aliphatic carbocycles. The first-order chi connectivity index (χ1) is 19.1. The fourth-order valence-corrected chi connectivity index (χ4v) is 11.8. The first-order valence-electron chi connectivity index (χ1n) is 13.3. The van der Waals surface area contributed by atoms with Crippen molar-refractivity contribution in [3.63, 3.8) is 0 Å². The summed E-state index contributed by atoms with van der Waals surface area (Å²) in [6.07, 6.45) is 1.97. The summed E-state index contributed by atoms with van der Waals surface area (Å²) in [5.74, 6) is 1.94. The second-order valence-corrected chi connectivity index (χ2v) is 16.3. The summed E-state index contributed by atoms with van der Waals surface area (Å²) in [6.45, 7) is 0. The average molecular weight is 548 g/mol. The third-order valence-electron chi connectivity index (χ3n) is 7.45. The van der Waals surface area contributed by atoms with Crippen LogP contribution in [0, 0.1) is 0 Å². The van der Waals surface area contributed by atoms with E-state index in [-0.39, 0.29) is 0 Å². The van der Waals surface area contributed by atoms with Crippen LogP contribution in [0.25, 0.3) is 0 Å². The SMILES string of the molecule is B[PH](Cc1cccc(CP(c2ccccc2)c2ccccc2OC)c1)(c1ccccc1)c1ccccc1OC. The molecular weight excluding hydrogens is 513 g/mol. The minimum atomic E-state index is -2.15. The van der Waals surface area contributed by atoms with Crippen LogP contribution in [0.1, 0.15) is 11.1 Å². The molecule has 39 heavy (non-hydrogen) atoms. The molecule has 5 heteroatoms.